The lowest BCUT2D eigenvalue weighted by atomic mass is 9.99. The summed E-state index contributed by atoms with van der Waals surface area (Å²) in [6, 6.07) is 6.14. The summed E-state index contributed by atoms with van der Waals surface area (Å²) in [5.41, 5.74) is 1.08. The van der Waals surface area contributed by atoms with Crippen molar-refractivity contribution in [3.8, 4) is 0 Å². The molecule has 0 fully saturated rings. The third-order valence-corrected chi connectivity index (χ3v) is 1.88. The van der Waals surface area contributed by atoms with Crippen LogP contribution in [0, 0.1) is 6.92 Å². The molecule has 0 aliphatic carbocycles. The molecular weight excluding hydrogens is 184 g/mol. The molecule has 0 amide bonds. The zero-order valence-electron chi connectivity index (χ0n) is 7.52. The van der Waals surface area contributed by atoms with Gasteiger partial charge in [0.1, 0.15) is 0 Å². The Kier molecular flexibility index (Phi) is 2.86. The van der Waals surface area contributed by atoms with Gasteiger partial charge in [-0.05, 0) is 12.5 Å². The summed E-state index contributed by atoms with van der Waals surface area (Å²) in [7, 11) is 0. The zero-order chi connectivity index (χ0) is 10.7. The highest BCUT2D eigenvalue weighted by atomic mass is 16.4. The van der Waals surface area contributed by atoms with E-state index in [0.29, 0.717) is 0 Å². The molecule has 0 saturated carbocycles. The summed E-state index contributed by atoms with van der Waals surface area (Å²) < 4.78 is 0. The number of carboxylic acid groups (broad SMARTS) is 2. The lowest BCUT2D eigenvalue weighted by molar-refractivity contribution is -0.326. The average molecular weight is 192 g/mol. The number of rotatable bonds is 3. The summed E-state index contributed by atoms with van der Waals surface area (Å²) in [5, 5.41) is 21.0. The number of benzene rings is 1. The van der Waals surface area contributed by atoms with E-state index in [1.54, 1.807) is 12.1 Å². The number of hydrogen-bond acceptors (Lipinski definition) is 4. The Balaban J connectivity index is 3.06. The van der Waals surface area contributed by atoms with Gasteiger partial charge in [-0.15, -0.1) is 0 Å². The summed E-state index contributed by atoms with van der Waals surface area (Å²) >= 11 is 0. The minimum Gasteiger partial charge on any atom is -0.549 e. The van der Waals surface area contributed by atoms with Gasteiger partial charge in [0.2, 0.25) is 0 Å². The van der Waals surface area contributed by atoms with Crippen molar-refractivity contribution in [1.29, 1.82) is 0 Å². The first-order valence-electron chi connectivity index (χ1n) is 4.00. The summed E-state index contributed by atoms with van der Waals surface area (Å²) in [6.45, 7) is 1.82. The van der Waals surface area contributed by atoms with Gasteiger partial charge in [0.25, 0.3) is 0 Å². The van der Waals surface area contributed by atoms with E-state index in [2.05, 4.69) is 0 Å². The van der Waals surface area contributed by atoms with Crippen LogP contribution in [0.25, 0.3) is 0 Å². The van der Waals surface area contributed by atoms with Gasteiger partial charge < -0.3 is 19.8 Å². The van der Waals surface area contributed by atoms with Crippen LogP contribution in [0.2, 0.25) is 0 Å². The Hall–Kier alpha value is -1.84. The maximum atomic E-state index is 10.5. The maximum absolute atomic E-state index is 10.5. The second-order valence-electron chi connectivity index (χ2n) is 2.98. The number of aryl methyl sites for hydroxylation is 1. The van der Waals surface area contributed by atoms with E-state index in [4.69, 9.17) is 0 Å². The SMILES string of the molecule is Cc1ccc(C(C(=O)[O-])C(=O)[O-])cc1. The van der Waals surface area contributed by atoms with Crippen molar-refractivity contribution in [2.45, 2.75) is 12.8 Å². The van der Waals surface area contributed by atoms with Crippen LogP contribution in [0.1, 0.15) is 17.0 Å². The predicted octanol–water partition coefficient (Wildman–Crippen LogP) is -1.42. The highest BCUT2D eigenvalue weighted by Crippen LogP contribution is 2.14. The van der Waals surface area contributed by atoms with Crippen LogP contribution in [0.4, 0.5) is 0 Å². The molecule has 0 spiro atoms. The molecule has 74 valence electrons. The molecule has 0 bridgehead atoms. The molecule has 14 heavy (non-hydrogen) atoms. The first-order valence-corrected chi connectivity index (χ1v) is 4.00. The van der Waals surface area contributed by atoms with Crippen LogP contribution in [0.15, 0.2) is 24.3 Å². The van der Waals surface area contributed by atoms with E-state index in [1.165, 1.54) is 12.1 Å². The molecule has 0 aliphatic heterocycles. The van der Waals surface area contributed by atoms with Gasteiger partial charge >= 0.3 is 0 Å². The Morgan fingerprint density at radius 1 is 1.07 bits per heavy atom. The van der Waals surface area contributed by atoms with Crippen molar-refractivity contribution < 1.29 is 19.8 Å². The third-order valence-electron chi connectivity index (χ3n) is 1.88. The smallest absolute Gasteiger partial charge is 0.0632 e. The van der Waals surface area contributed by atoms with Crippen LogP contribution in [0.5, 0.6) is 0 Å². The fourth-order valence-corrected chi connectivity index (χ4v) is 1.13. The van der Waals surface area contributed by atoms with Crippen molar-refractivity contribution in [3.63, 3.8) is 0 Å². The van der Waals surface area contributed by atoms with Crippen LogP contribution >= 0.6 is 0 Å². The van der Waals surface area contributed by atoms with Crippen LogP contribution in [0.3, 0.4) is 0 Å². The molecule has 1 aromatic rings. The average Bonchev–Trinajstić information content (AvgIpc) is 2.07. The van der Waals surface area contributed by atoms with E-state index >= 15 is 0 Å². The highest BCUT2D eigenvalue weighted by molar-refractivity contribution is 5.97. The molecule has 0 unspecified atom stereocenters. The van der Waals surface area contributed by atoms with Crippen molar-refractivity contribution >= 4 is 11.9 Å². The van der Waals surface area contributed by atoms with Crippen molar-refractivity contribution in [1.82, 2.24) is 0 Å². The molecule has 0 aliphatic rings. The molecule has 0 aromatic heterocycles. The Morgan fingerprint density at radius 2 is 1.50 bits per heavy atom. The van der Waals surface area contributed by atoms with Gasteiger partial charge in [0.05, 0.1) is 17.9 Å². The third kappa shape index (κ3) is 2.10. The molecule has 0 heterocycles. The number of hydrogen-bond donors (Lipinski definition) is 0. The largest absolute Gasteiger partial charge is 0.549 e. The van der Waals surface area contributed by atoms with Gasteiger partial charge in [-0.25, -0.2) is 0 Å². The molecule has 0 saturated heterocycles. The Labute approximate surface area is 80.8 Å². The van der Waals surface area contributed by atoms with E-state index < -0.39 is 17.9 Å². The number of carbonyl (C=O) groups is 2. The lowest BCUT2D eigenvalue weighted by Crippen LogP contribution is -2.41. The molecule has 0 radical (unpaired) electrons. The van der Waals surface area contributed by atoms with Gasteiger partial charge in [-0.1, -0.05) is 29.8 Å². The molecule has 4 nitrogen and oxygen atoms in total. The van der Waals surface area contributed by atoms with Crippen molar-refractivity contribution in [2.24, 2.45) is 0 Å². The number of carboxylic acids is 2. The van der Waals surface area contributed by atoms with Gasteiger partial charge in [0, 0.05) is 0 Å². The van der Waals surface area contributed by atoms with Crippen LogP contribution in [-0.2, 0) is 9.59 Å². The van der Waals surface area contributed by atoms with Gasteiger partial charge in [0.15, 0.2) is 0 Å². The fourth-order valence-electron chi connectivity index (χ4n) is 1.13. The number of aliphatic carboxylic acids is 2. The van der Waals surface area contributed by atoms with Crippen molar-refractivity contribution in [3.05, 3.63) is 35.4 Å². The Bertz CT molecular complexity index is 339. The predicted molar refractivity (Wildman–Crippen MR) is 43.9 cm³/mol. The molecule has 0 atom stereocenters. The molecule has 4 heteroatoms. The van der Waals surface area contributed by atoms with E-state index in [9.17, 15) is 19.8 Å². The standard InChI is InChI=1S/C10H10O4/c1-6-2-4-7(5-3-6)8(9(11)12)10(13)14/h2-5,8H,1H3,(H,11,12)(H,13,14)/p-2. The molecule has 1 aromatic carbocycles. The summed E-state index contributed by atoms with van der Waals surface area (Å²) in [4.78, 5) is 21.0. The van der Waals surface area contributed by atoms with Gasteiger partial charge in [-0.3, -0.25) is 0 Å². The fraction of sp³-hybridized carbons (Fsp3) is 0.200. The monoisotopic (exact) mass is 192 g/mol. The first kappa shape index (κ1) is 10.2. The van der Waals surface area contributed by atoms with E-state index in [1.807, 2.05) is 6.92 Å². The van der Waals surface area contributed by atoms with Crippen molar-refractivity contribution in [2.75, 3.05) is 0 Å². The highest BCUT2D eigenvalue weighted by Gasteiger charge is 2.13. The normalized spacial score (nSPS) is 10.1. The Morgan fingerprint density at radius 3 is 1.86 bits per heavy atom. The number of carbonyl (C=O) groups excluding carboxylic acids is 2. The summed E-state index contributed by atoms with van der Waals surface area (Å²) in [6.07, 6.45) is 0. The quantitative estimate of drug-likeness (QED) is 0.550. The summed E-state index contributed by atoms with van der Waals surface area (Å²) in [5.74, 6) is -5.02. The molecular formula is C10H8O4-2. The first-order chi connectivity index (χ1) is 6.52. The second kappa shape index (κ2) is 3.91. The molecule has 1 rings (SSSR count). The minimum atomic E-state index is -1.70. The van der Waals surface area contributed by atoms with Gasteiger partial charge in [-0.2, -0.15) is 0 Å². The van der Waals surface area contributed by atoms with Crippen LogP contribution < -0.4 is 10.2 Å². The molecule has 0 N–H and O–H groups in total. The van der Waals surface area contributed by atoms with E-state index in [-0.39, 0.29) is 5.56 Å². The maximum Gasteiger partial charge on any atom is 0.0632 e. The second-order valence-corrected chi connectivity index (χ2v) is 2.98. The van der Waals surface area contributed by atoms with Crippen LogP contribution in [-0.4, -0.2) is 11.9 Å². The minimum absolute atomic E-state index is 0.163. The topological polar surface area (TPSA) is 80.3 Å². The zero-order valence-corrected chi connectivity index (χ0v) is 7.52. The van der Waals surface area contributed by atoms with E-state index in [0.717, 1.165) is 5.56 Å². The lowest BCUT2D eigenvalue weighted by Gasteiger charge is -2.19.